The molecule has 0 fully saturated rings. The molecule has 0 aliphatic heterocycles. The molecule has 1 atom stereocenters. The summed E-state index contributed by atoms with van der Waals surface area (Å²) < 4.78 is 0.844. The predicted molar refractivity (Wildman–Crippen MR) is 143 cm³/mol. The maximum absolute atomic E-state index is 10.4. The van der Waals surface area contributed by atoms with Crippen LogP contribution in [0.2, 0.25) is 0 Å². The van der Waals surface area contributed by atoms with Gasteiger partial charge in [-0.25, -0.2) is 0 Å². The van der Waals surface area contributed by atoms with Crippen molar-refractivity contribution in [2.24, 2.45) is 11.5 Å². The minimum absolute atomic E-state index is 0.125. The molecule has 220 valence electrons. The number of benzene rings is 1. The van der Waals surface area contributed by atoms with E-state index in [0.29, 0.717) is 6.42 Å². The molecule has 0 aliphatic rings. The fourth-order valence-corrected chi connectivity index (χ4v) is 1.31. The number of carboxylic acids is 2. The van der Waals surface area contributed by atoms with Crippen LogP contribution in [0.3, 0.4) is 0 Å². The summed E-state index contributed by atoms with van der Waals surface area (Å²) in [7, 11) is 6.16. The minimum atomic E-state index is -0.968. The molecular formula is C24H50N3O10+. The van der Waals surface area contributed by atoms with Crippen molar-refractivity contribution in [3.8, 4) is 0 Å². The predicted octanol–water partition coefficient (Wildman–Crippen LogP) is -2.15. The monoisotopic (exact) mass is 540 g/mol. The van der Waals surface area contributed by atoms with E-state index < -0.39 is 24.1 Å². The molecule has 1 aromatic carbocycles. The van der Waals surface area contributed by atoms with Crippen molar-refractivity contribution in [1.29, 1.82) is 0 Å². The summed E-state index contributed by atoms with van der Waals surface area (Å²) in [5.41, 5.74) is 10.9. The fourth-order valence-electron chi connectivity index (χ4n) is 1.31. The highest BCUT2D eigenvalue weighted by molar-refractivity contribution is 5.73. The molecule has 0 saturated carbocycles. The first kappa shape index (κ1) is 44.5. The largest absolute Gasteiger partial charge is 0.480 e. The van der Waals surface area contributed by atoms with Gasteiger partial charge in [0.1, 0.15) is 18.7 Å². The molecule has 0 amide bonds. The summed E-state index contributed by atoms with van der Waals surface area (Å²) in [6, 6.07) is 8.54. The van der Waals surface area contributed by atoms with Gasteiger partial charge in [-0.05, 0) is 18.9 Å². The lowest BCUT2D eigenvalue weighted by Crippen LogP contribution is -2.36. The Balaban J connectivity index is -0.000000119. The van der Waals surface area contributed by atoms with Crippen LogP contribution in [0.4, 0.5) is 0 Å². The van der Waals surface area contributed by atoms with E-state index in [-0.39, 0.29) is 39.6 Å². The van der Waals surface area contributed by atoms with Crippen LogP contribution in [0.25, 0.3) is 0 Å². The van der Waals surface area contributed by atoms with Crippen molar-refractivity contribution in [3.05, 3.63) is 48.6 Å². The molecule has 0 aromatic heterocycles. The van der Waals surface area contributed by atoms with E-state index in [1.54, 1.807) is 6.08 Å². The van der Waals surface area contributed by atoms with Gasteiger partial charge in [-0.2, -0.15) is 0 Å². The smallest absolute Gasteiger partial charge is 0.320 e. The lowest BCUT2D eigenvalue weighted by atomic mass is 10.1. The third kappa shape index (κ3) is 55.4. The standard InChI is InChI=1S/C9H11NO2.C5H14NO.C3H8O3.C3H6.C2H5NO2.C2H6O2/c10-8(9(11)12)6-7-4-2-1-3-5-7;1-6(2,3)4-5-7;4-1-3(6)2-5;1-3-2;3-1-2(4)5;3-1-2-4/h1-5,8H,6,10H2,(H,11,12);7H,4-5H2,1-3H3;3-6H,1-2H2;3H,1H2,2H3;1,3H2,(H,4,5);3-4H,1-2H2/q;+1;;;;/t8-;;;;;/m0...../s1. The highest BCUT2D eigenvalue weighted by Crippen LogP contribution is 2.01. The number of hydrogen-bond donors (Lipinski definition) is 10. The maximum atomic E-state index is 10.4. The molecule has 0 radical (unpaired) electrons. The number of carbonyl (C=O) groups is 2. The SMILES string of the molecule is C=CC.C[N+](C)(C)CCO.NCC(=O)O.N[C@@H](Cc1ccccc1)C(=O)O.OCC(O)CO.OCCO. The second-order valence-electron chi connectivity index (χ2n) is 7.84. The Morgan fingerprint density at radius 2 is 1.32 bits per heavy atom. The van der Waals surface area contributed by atoms with Gasteiger partial charge in [0.2, 0.25) is 0 Å². The number of nitrogens with two attached hydrogens (primary N) is 2. The summed E-state index contributed by atoms with van der Waals surface area (Å²) >= 11 is 0. The van der Waals surface area contributed by atoms with E-state index in [1.165, 1.54) is 0 Å². The number of likely N-dealkylation sites (N-methyl/N-ethyl adjacent to an activating group) is 1. The summed E-state index contributed by atoms with van der Waals surface area (Å²) in [5.74, 6) is -1.93. The van der Waals surface area contributed by atoms with E-state index in [4.69, 9.17) is 46.6 Å². The van der Waals surface area contributed by atoms with Crippen molar-refractivity contribution >= 4 is 11.9 Å². The van der Waals surface area contributed by atoms with Gasteiger partial charge in [0.25, 0.3) is 0 Å². The molecule has 0 aliphatic carbocycles. The number of hydrogen-bond acceptors (Lipinski definition) is 10. The van der Waals surface area contributed by atoms with E-state index in [0.717, 1.165) is 16.6 Å². The van der Waals surface area contributed by atoms with Crippen LogP contribution in [-0.2, 0) is 16.0 Å². The summed E-state index contributed by atoms with van der Waals surface area (Å²) in [6.45, 7) is 5.11. The van der Waals surface area contributed by atoms with Gasteiger partial charge in [0.05, 0.1) is 60.7 Å². The lowest BCUT2D eigenvalue weighted by Gasteiger charge is -2.21. The molecule has 12 N–H and O–H groups in total. The molecule has 0 spiro atoms. The van der Waals surface area contributed by atoms with Crippen LogP contribution < -0.4 is 11.5 Å². The Hall–Kier alpha value is -2.46. The van der Waals surface area contributed by atoms with E-state index in [2.05, 4.69) is 33.5 Å². The van der Waals surface area contributed by atoms with Gasteiger partial charge in [0, 0.05) is 0 Å². The molecule has 0 bridgehead atoms. The average molecular weight is 541 g/mol. The third-order valence-electron chi connectivity index (χ3n) is 3.08. The summed E-state index contributed by atoms with van der Waals surface area (Å²) in [4.78, 5) is 19.6. The van der Waals surface area contributed by atoms with Crippen LogP contribution in [0.1, 0.15) is 12.5 Å². The zero-order valence-electron chi connectivity index (χ0n) is 22.5. The highest BCUT2D eigenvalue weighted by atomic mass is 16.4. The first-order valence-corrected chi connectivity index (χ1v) is 11.2. The van der Waals surface area contributed by atoms with Gasteiger partial charge >= 0.3 is 11.9 Å². The molecule has 0 heterocycles. The first-order chi connectivity index (χ1) is 17.2. The third-order valence-corrected chi connectivity index (χ3v) is 3.08. The Morgan fingerprint density at radius 3 is 1.49 bits per heavy atom. The average Bonchev–Trinajstić information content (AvgIpc) is 2.85. The van der Waals surface area contributed by atoms with Gasteiger partial charge < -0.3 is 56.8 Å². The number of quaternary nitrogens is 1. The highest BCUT2D eigenvalue weighted by Gasteiger charge is 2.10. The second kappa shape index (κ2) is 33.5. The molecule has 0 saturated heterocycles. The number of nitrogens with zero attached hydrogens (tertiary/aromatic N) is 1. The molecule has 13 nitrogen and oxygen atoms in total. The number of aliphatic hydroxyl groups is 6. The van der Waals surface area contributed by atoms with Crippen molar-refractivity contribution in [2.45, 2.75) is 25.5 Å². The molecule has 0 unspecified atom stereocenters. The topological polar surface area (TPSA) is 248 Å². The number of aliphatic hydroxyl groups excluding tert-OH is 6. The Kier molecular flexibility index (Phi) is 40.4. The van der Waals surface area contributed by atoms with Gasteiger partial charge in [-0.3, -0.25) is 9.59 Å². The van der Waals surface area contributed by atoms with Crippen LogP contribution in [-0.4, -0.2) is 137 Å². The second-order valence-corrected chi connectivity index (χ2v) is 7.84. The van der Waals surface area contributed by atoms with Crippen LogP contribution in [0.15, 0.2) is 43.0 Å². The zero-order chi connectivity index (χ0) is 30.3. The van der Waals surface area contributed by atoms with Crippen molar-refractivity contribution in [1.82, 2.24) is 0 Å². The Bertz CT molecular complexity index is 609. The van der Waals surface area contributed by atoms with E-state index in [1.807, 2.05) is 37.3 Å². The van der Waals surface area contributed by atoms with E-state index in [9.17, 15) is 9.59 Å². The lowest BCUT2D eigenvalue weighted by molar-refractivity contribution is -0.870. The van der Waals surface area contributed by atoms with Crippen LogP contribution in [0.5, 0.6) is 0 Å². The number of aliphatic carboxylic acids is 2. The first-order valence-electron chi connectivity index (χ1n) is 11.2. The molecule has 1 rings (SSSR count). The quantitative estimate of drug-likeness (QED) is 0.119. The van der Waals surface area contributed by atoms with Crippen LogP contribution >= 0.6 is 0 Å². The number of rotatable bonds is 9. The number of carboxylic acid groups (broad SMARTS) is 2. The normalized spacial score (nSPS) is 10.1. The van der Waals surface area contributed by atoms with Gasteiger partial charge in [-0.15, -0.1) is 6.58 Å². The fraction of sp³-hybridized carbons (Fsp3) is 0.583. The van der Waals surface area contributed by atoms with Crippen molar-refractivity contribution in [3.63, 3.8) is 0 Å². The van der Waals surface area contributed by atoms with Crippen molar-refractivity contribution < 1.29 is 54.9 Å². The van der Waals surface area contributed by atoms with Gasteiger partial charge in [-0.1, -0.05) is 36.4 Å². The van der Waals surface area contributed by atoms with Crippen LogP contribution in [0, 0.1) is 0 Å². The Labute approximate surface area is 220 Å². The van der Waals surface area contributed by atoms with Crippen molar-refractivity contribution in [2.75, 3.05) is 67.3 Å². The molecule has 37 heavy (non-hydrogen) atoms. The molecular weight excluding hydrogens is 490 g/mol. The summed E-state index contributed by atoms with van der Waals surface area (Å²) in [5, 5.41) is 63.8. The summed E-state index contributed by atoms with van der Waals surface area (Å²) in [6.07, 6.45) is 1.18. The molecule has 1 aromatic rings. The maximum Gasteiger partial charge on any atom is 0.320 e. The minimum Gasteiger partial charge on any atom is -0.480 e. The van der Waals surface area contributed by atoms with E-state index >= 15 is 0 Å². The molecule has 13 heteroatoms. The number of allylic oxidation sites excluding steroid dienone is 1. The Morgan fingerprint density at radius 1 is 0.946 bits per heavy atom. The van der Waals surface area contributed by atoms with Gasteiger partial charge in [0.15, 0.2) is 0 Å². The zero-order valence-corrected chi connectivity index (χ0v) is 22.5.